The van der Waals surface area contributed by atoms with Crippen LogP contribution in [-0.2, 0) is 17.6 Å². The van der Waals surface area contributed by atoms with Gasteiger partial charge in [0.2, 0.25) is 0 Å². The Bertz CT molecular complexity index is 359. The third-order valence-corrected chi connectivity index (χ3v) is 3.14. The molecule has 0 aromatic heterocycles. The molecule has 0 atom stereocenters. The third-order valence-electron chi connectivity index (χ3n) is 3.14. The summed E-state index contributed by atoms with van der Waals surface area (Å²) < 4.78 is 0. The topological polar surface area (TPSA) is 40.5 Å². The van der Waals surface area contributed by atoms with Crippen molar-refractivity contribution in [2.24, 2.45) is 0 Å². The molecule has 3 nitrogen and oxygen atoms in total. The molecule has 1 aromatic carbocycles. The second-order valence-electron chi connectivity index (χ2n) is 4.72. The lowest BCUT2D eigenvalue weighted by atomic mass is 10.1. The van der Waals surface area contributed by atoms with E-state index in [4.69, 9.17) is 5.11 Å². The average Bonchev–Trinajstić information content (AvgIpc) is 2.36. The highest BCUT2D eigenvalue weighted by Gasteiger charge is 2.02. The molecule has 0 saturated carbocycles. The van der Waals surface area contributed by atoms with Crippen LogP contribution in [0.5, 0.6) is 0 Å². The van der Waals surface area contributed by atoms with Gasteiger partial charge in [0.05, 0.1) is 0 Å². The maximum Gasteiger partial charge on any atom is 0.303 e. The van der Waals surface area contributed by atoms with Gasteiger partial charge in [0.1, 0.15) is 0 Å². The molecule has 3 heteroatoms. The fourth-order valence-corrected chi connectivity index (χ4v) is 1.87. The molecule has 1 rings (SSSR count). The lowest BCUT2D eigenvalue weighted by Crippen LogP contribution is -2.23. The van der Waals surface area contributed by atoms with Gasteiger partial charge in [-0.2, -0.15) is 0 Å². The van der Waals surface area contributed by atoms with Gasteiger partial charge in [-0.3, -0.25) is 4.79 Å². The van der Waals surface area contributed by atoms with E-state index in [0.29, 0.717) is 0 Å². The van der Waals surface area contributed by atoms with E-state index in [0.717, 1.165) is 32.4 Å². The van der Waals surface area contributed by atoms with E-state index in [1.165, 1.54) is 11.1 Å². The molecule has 1 N–H and O–H groups in total. The number of aryl methyl sites for hydroxylation is 1. The van der Waals surface area contributed by atoms with E-state index in [-0.39, 0.29) is 6.42 Å². The molecule has 100 valence electrons. The number of benzene rings is 1. The van der Waals surface area contributed by atoms with Crippen LogP contribution < -0.4 is 0 Å². The summed E-state index contributed by atoms with van der Waals surface area (Å²) in [5.74, 6) is -0.710. The summed E-state index contributed by atoms with van der Waals surface area (Å²) in [6, 6.07) is 8.73. The monoisotopic (exact) mass is 249 g/mol. The third kappa shape index (κ3) is 5.82. The van der Waals surface area contributed by atoms with E-state index in [1.807, 2.05) is 7.05 Å². The first-order chi connectivity index (χ1) is 8.61. The predicted molar refractivity (Wildman–Crippen MR) is 73.9 cm³/mol. The molecule has 0 aliphatic heterocycles. The van der Waals surface area contributed by atoms with Crippen molar-refractivity contribution in [2.45, 2.75) is 32.6 Å². The normalized spacial score (nSPS) is 10.8. The van der Waals surface area contributed by atoms with Crippen molar-refractivity contribution in [2.75, 3.05) is 20.1 Å². The molecule has 0 saturated heterocycles. The van der Waals surface area contributed by atoms with Crippen molar-refractivity contribution >= 4 is 5.97 Å². The van der Waals surface area contributed by atoms with Crippen molar-refractivity contribution in [3.63, 3.8) is 0 Å². The Morgan fingerprint density at radius 2 is 1.78 bits per heavy atom. The number of hydrogen-bond acceptors (Lipinski definition) is 2. The summed E-state index contributed by atoms with van der Waals surface area (Å²) in [5.41, 5.74) is 2.71. The lowest BCUT2D eigenvalue weighted by molar-refractivity contribution is -0.137. The zero-order valence-electron chi connectivity index (χ0n) is 11.4. The van der Waals surface area contributed by atoms with Gasteiger partial charge in [0, 0.05) is 13.0 Å². The fourth-order valence-electron chi connectivity index (χ4n) is 1.87. The van der Waals surface area contributed by atoms with E-state index in [2.05, 4.69) is 36.1 Å². The average molecular weight is 249 g/mol. The summed E-state index contributed by atoms with van der Waals surface area (Å²) >= 11 is 0. The van der Waals surface area contributed by atoms with E-state index < -0.39 is 5.97 Å². The minimum absolute atomic E-state index is 0.259. The number of hydrogen-bond donors (Lipinski definition) is 1. The van der Waals surface area contributed by atoms with E-state index in [9.17, 15) is 4.79 Å². The van der Waals surface area contributed by atoms with Gasteiger partial charge in [-0.15, -0.1) is 0 Å². The number of nitrogens with zero attached hydrogens (tertiary/aromatic N) is 1. The van der Waals surface area contributed by atoms with Crippen LogP contribution in [0.3, 0.4) is 0 Å². The van der Waals surface area contributed by atoms with Crippen LogP contribution in [-0.4, -0.2) is 36.1 Å². The molecule has 0 fully saturated rings. The van der Waals surface area contributed by atoms with Crippen molar-refractivity contribution < 1.29 is 9.90 Å². The van der Waals surface area contributed by atoms with Gasteiger partial charge in [0.15, 0.2) is 0 Å². The molecule has 1 aromatic rings. The maximum atomic E-state index is 10.4. The second-order valence-corrected chi connectivity index (χ2v) is 4.72. The lowest BCUT2D eigenvalue weighted by Gasteiger charge is -2.15. The zero-order valence-corrected chi connectivity index (χ0v) is 11.4. The molecule has 0 radical (unpaired) electrons. The molecule has 0 spiro atoms. The zero-order chi connectivity index (χ0) is 13.4. The van der Waals surface area contributed by atoms with E-state index >= 15 is 0 Å². The molecule has 18 heavy (non-hydrogen) atoms. The molecule has 0 aliphatic carbocycles. The number of carboxylic acid groups (broad SMARTS) is 1. The standard InChI is InChI=1S/C15H23NO2/c1-3-13-6-8-14(9-7-13)10-12-16(2)11-4-5-15(17)18/h6-9H,3-5,10-12H2,1-2H3,(H,17,18). The van der Waals surface area contributed by atoms with Crippen LogP contribution in [0.4, 0.5) is 0 Å². The number of aliphatic carboxylic acids is 1. The minimum Gasteiger partial charge on any atom is -0.481 e. The number of carboxylic acids is 1. The van der Waals surface area contributed by atoms with Gasteiger partial charge in [-0.25, -0.2) is 0 Å². The Hall–Kier alpha value is -1.35. The highest BCUT2D eigenvalue weighted by atomic mass is 16.4. The van der Waals surface area contributed by atoms with Gasteiger partial charge >= 0.3 is 5.97 Å². The molecule has 0 amide bonds. The molecule has 0 heterocycles. The number of likely N-dealkylation sites (N-methyl/N-ethyl adjacent to an activating group) is 1. The summed E-state index contributed by atoms with van der Waals surface area (Å²) in [6.07, 6.45) is 3.08. The van der Waals surface area contributed by atoms with Gasteiger partial charge in [-0.1, -0.05) is 31.2 Å². The molecule has 0 bridgehead atoms. The SMILES string of the molecule is CCc1ccc(CCN(C)CCCC(=O)O)cc1. The van der Waals surface area contributed by atoms with E-state index in [1.54, 1.807) is 0 Å². The minimum atomic E-state index is -0.710. The summed E-state index contributed by atoms with van der Waals surface area (Å²) in [6.45, 7) is 3.98. The second kappa shape index (κ2) is 7.88. The van der Waals surface area contributed by atoms with Crippen molar-refractivity contribution in [1.29, 1.82) is 0 Å². The molecule has 0 aliphatic rings. The quantitative estimate of drug-likeness (QED) is 0.770. The molecular weight excluding hydrogens is 226 g/mol. The van der Waals surface area contributed by atoms with Crippen molar-refractivity contribution in [3.05, 3.63) is 35.4 Å². The first-order valence-corrected chi connectivity index (χ1v) is 6.60. The van der Waals surface area contributed by atoms with Crippen LogP contribution in [0.1, 0.15) is 30.9 Å². The first-order valence-electron chi connectivity index (χ1n) is 6.60. The van der Waals surface area contributed by atoms with Crippen molar-refractivity contribution in [3.8, 4) is 0 Å². The first kappa shape index (κ1) is 14.7. The Morgan fingerprint density at radius 1 is 1.17 bits per heavy atom. The summed E-state index contributed by atoms with van der Waals surface area (Å²) in [5, 5.41) is 8.57. The Morgan fingerprint density at radius 3 is 2.33 bits per heavy atom. The highest BCUT2D eigenvalue weighted by Crippen LogP contribution is 2.06. The highest BCUT2D eigenvalue weighted by molar-refractivity contribution is 5.66. The maximum absolute atomic E-state index is 10.4. The largest absolute Gasteiger partial charge is 0.481 e. The summed E-state index contributed by atoms with van der Waals surface area (Å²) in [7, 11) is 2.04. The van der Waals surface area contributed by atoms with Gasteiger partial charge < -0.3 is 10.0 Å². The number of carbonyl (C=O) groups is 1. The molecule has 0 unspecified atom stereocenters. The Balaban J connectivity index is 2.24. The van der Waals surface area contributed by atoms with Crippen LogP contribution in [0.2, 0.25) is 0 Å². The smallest absolute Gasteiger partial charge is 0.303 e. The van der Waals surface area contributed by atoms with Crippen molar-refractivity contribution in [1.82, 2.24) is 4.90 Å². The van der Waals surface area contributed by atoms with Crippen LogP contribution in [0.15, 0.2) is 24.3 Å². The van der Waals surface area contributed by atoms with Crippen LogP contribution in [0, 0.1) is 0 Å². The van der Waals surface area contributed by atoms with Crippen LogP contribution in [0.25, 0.3) is 0 Å². The number of rotatable bonds is 8. The Kier molecular flexibility index (Phi) is 6.44. The Labute approximate surface area is 109 Å². The van der Waals surface area contributed by atoms with Gasteiger partial charge in [-0.05, 0) is 44.0 Å². The predicted octanol–water partition coefficient (Wildman–Crippen LogP) is 2.59. The van der Waals surface area contributed by atoms with Crippen LogP contribution >= 0.6 is 0 Å². The summed E-state index contributed by atoms with van der Waals surface area (Å²) in [4.78, 5) is 12.6. The molecular formula is C15H23NO2. The fraction of sp³-hybridized carbons (Fsp3) is 0.533. The van der Waals surface area contributed by atoms with Gasteiger partial charge in [0.25, 0.3) is 0 Å².